The molecule has 2 aliphatic rings. The summed E-state index contributed by atoms with van der Waals surface area (Å²) in [5.41, 5.74) is 3.37. The molecule has 36 heavy (non-hydrogen) atoms. The molecule has 7 nitrogen and oxygen atoms in total. The van der Waals surface area contributed by atoms with Crippen molar-refractivity contribution < 1.29 is 14.7 Å². The number of pyridine rings is 1. The van der Waals surface area contributed by atoms with Crippen LogP contribution in [0.2, 0.25) is 0 Å². The number of rotatable bonds is 6. The first-order chi connectivity index (χ1) is 17.1. The summed E-state index contributed by atoms with van der Waals surface area (Å²) in [7, 11) is 0. The second kappa shape index (κ2) is 11.1. The minimum Gasteiger partial charge on any atom is -0.392 e. The van der Waals surface area contributed by atoms with Crippen LogP contribution in [0.15, 0.2) is 42.7 Å². The van der Waals surface area contributed by atoms with E-state index in [2.05, 4.69) is 36.4 Å². The molecule has 1 aromatic heterocycles. The van der Waals surface area contributed by atoms with Crippen molar-refractivity contribution in [3.05, 3.63) is 59.4 Å². The second-order valence-electron chi connectivity index (χ2n) is 11.3. The molecule has 1 aliphatic heterocycles. The van der Waals surface area contributed by atoms with Gasteiger partial charge in [0.25, 0.3) is 0 Å². The summed E-state index contributed by atoms with van der Waals surface area (Å²) in [5.74, 6) is -0.410. The number of amides is 2. The largest absolute Gasteiger partial charge is 0.392 e. The standard InChI is InChI=1S/C29H40N4O3/c1-19-14-15-30-18-24(19)26(27(35)32-21-8-6-5-7-9-21)33(28(36)25-16-23(34)17-31-25)22-12-10-20(11-13-22)29(2,3)4/h10-15,18,21,23,25-26,31,34H,5-9,16-17H2,1-4H3,(H,32,35)/t23-,25-,26?/m1/s1. The molecule has 1 aliphatic carbocycles. The van der Waals surface area contributed by atoms with Gasteiger partial charge < -0.3 is 15.7 Å². The van der Waals surface area contributed by atoms with Crippen molar-refractivity contribution in [2.24, 2.45) is 0 Å². The maximum atomic E-state index is 14.0. The van der Waals surface area contributed by atoms with Gasteiger partial charge in [0.15, 0.2) is 0 Å². The molecule has 1 aromatic carbocycles. The normalized spacial score (nSPS) is 21.7. The van der Waals surface area contributed by atoms with E-state index in [-0.39, 0.29) is 23.3 Å². The lowest BCUT2D eigenvalue weighted by Gasteiger charge is -2.35. The number of carbonyl (C=O) groups is 2. The number of nitrogens with one attached hydrogen (secondary N) is 2. The van der Waals surface area contributed by atoms with E-state index in [1.807, 2.05) is 37.3 Å². The van der Waals surface area contributed by atoms with E-state index in [0.29, 0.717) is 24.2 Å². The van der Waals surface area contributed by atoms with Crippen molar-refractivity contribution >= 4 is 17.5 Å². The zero-order valence-electron chi connectivity index (χ0n) is 22.0. The van der Waals surface area contributed by atoms with Crippen LogP contribution < -0.4 is 15.5 Å². The van der Waals surface area contributed by atoms with E-state index in [4.69, 9.17) is 0 Å². The van der Waals surface area contributed by atoms with Gasteiger partial charge in [0.1, 0.15) is 6.04 Å². The summed E-state index contributed by atoms with van der Waals surface area (Å²) in [6.07, 6.45) is 8.43. The molecule has 2 fully saturated rings. The van der Waals surface area contributed by atoms with Crippen LogP contribution in [0.25, 0.3) is 0 Å². The number of aromatic nitrogens is 1. The molecule has 1 unspecified atom stereocenters. The monoisotopic (exact) mass is 492 g/mol. The van der Waals surface area contributed by atoms with Crippen LogP contribution in [-0.4, -0.2) is 46.6 Å². The minimum atomic E-state index is -0.867. The minimum absolute atomic E-state index is 0.0395. The van der Waals surface area contributed by atoms with E-state index in [0.717, 1.165) is 36.8 Å². The first-order valence-electron chi connectivity index (χ1n) is 13.2. The average molecular weight is 493 g/mol. The maximum absolute atomic E-state index is 14.0. The molecule has 3 N–H and O–H groups in total. The summed E-state index contributed by atoms with van der Waals surface area (Å²) in [6.45, 7) is 8.75. The number of hydrogen-bond donors (Lipinski definition) is 3. The zero-order valence-corrected chi connectivity index (χ0v) is 22.0. The Labute approximate surface area is 214 Å². The fourth-order valence-electron chi connectivity index (χ4n) is 5.29. The third kappa shape index (κ3) is 5.95. The summed E-state index contributed by atoms with van der Waals surface area (Å²) in [5, 5.41) is 16.5. The van der Waals surface area contributed by atoms with Gasteiger partial charge in [-0.05, 0) is 60.9 Å². The molecule has 1 saturated heterocycles. The van der Waals surface area contributed by atoms with Crippen LogP contribution in [0.5, 0.6) is 0 Å². The SMILES string of the molecule is Cc1ccncc1C(C(=O)NC1CCCCC1)N(C(=O)[C@H]1C[C@@H](O)CN1)c1ccc(C(C)(C)C)cc1. The highest BCUT2D eigenvalue weighted by atomic mass is 16.3. The molecule has 3 atom stereocenters. The quantitative estimate of drug-likeness (QED) is 0.568. The highest BCUT2D eigenvalue weighted by Gasteiger charge is 2.40. The topological polar surface area (TPSA) is 94.6 Å². The van der Waals surface area contributed by atoms with Crippen molar-refractivity contribution in [2.45, 2.75) is 95.9 Å². The van der Waals surface area contributed by atoms with E-state index in [1.165, 1.54) is 6.42 Å². The first kappa shape index (κ1) is 26.3. The number of anilines is 1. The van der Waals surface area contributed by atoms with Gasteiger partial charge in [-0.25, -0.2) is 0 Å². The number of hydrogen-bond acceptors (Lipinski definition) is 5. The van der Waals surface area contributed by atoms with Crippen LogP contribution >= 0.6 is 0 Å². The highest BCUT2D eigenvalue weighted by Crippen LogP contribution is 2.33. The van der Waals surface area contributed by atoms with Crippen molar-refractivity contribution in [3.8, 4) is 0 Å². The Hall–Kier alpha value is -2.77. The van der Waals surface area contributed by atoms with Crippen LogP contribution in [0.4, 0.5) is 5.69 Å². The van der Waals surface area contributed by atoms with E-state index < -0.39 is 18.2 Å². The molecule has 2 heterocycles. The van der Waals surface area contributed by atoms with Gasteiger partial charge in [-0.15, -0.1) is 0 Å². The summed E-state index contributed by atoms with van der Waals surface area (Å²) >= 11 is 0. The molecule has 0 bridgehead atoms. The van der Waals surface area contributed by atoms with E-state index >= 15 is 0 Å². The number of aliphatic hydroxyl groups is 1. The summed E-state index contributed by atoms with van der Waals surface area (Å²) in [6, 6.07) is 8.46. The summed E-state index contributed by atoms with van der Waals surface area (Å²) in [4.78, 5) is 34.0. The van der Waals surface area contributed by atoms with Crippen LogP contribution in [0.3, 0.4) is 0 Å². The lowest BCUT2D eigenvalue weighted by Crippen LogP contribution is -2.51. The molecule has 194 valence electrons. The summed E-state index contributed by atoms with van der Waals surface area (Å²) < 4.78 is 0. The molecule has 2 amide bonds. The molecule has 2 aromatic rings. The van der Waals surface area contributed by atoms with Crippen LogP contribution in [-0.2, 0) is 15.0 Å². The van der Waals surface area contributed by atoms with Crippen LogP contribution in [0, 0.1) is 6.92 Å². The van der Waals surface area contributed by atoms with Crippen molar-refractivity contribution in [1.29, 1.82) is 0 Å². The van der Waals surface area contributed by atoms with Crippen molar-refractivity contribution in [1.82, 2.24) is 15.6 Å². The van der Waals surface area contributed by atoms with Gasteiger partial charge in [0.2, 0.25) is 11.8 Å². The average Bonchev–Trinajstić information content (AvgIpc) is 3.29. The Morgan fingerprint density at radius 1 is 1.11 bits per heavy atom. The molecule has 7 heteroatoms. The first-order valence-corrected chi connectivity index (χ1v) is 13.2. The Bertz CT molecular complexity index is 1060. The van der Waals surface area contributed by atoms with Crippen molar-refractivity contribution in [3.63, 3.8) is 0 Å². The van der Waals surface area contributed by atoms with Crippen molar-refractivity contribution in [2.75, 3.05) is 11.4 Å². The third-order valence-corrected chi connectivity index (χ3v) is 7.49. The number of benzene rings is 1. The number of aryl methyl sites for hydroxylation is 1. The smallest absolute Gasteiger partial charge is 0.248 e. The fraction of sp³-hybridized carbons (Fsp3) is 0.552. The molecule has 0 radical (unpaired) electrons. The number of nitrogens with zero attached hydrogens (tertiary/aromatic N) is 2. The Balaban J connectivity index is 1.78. The van der Waals surface area contributed by atoms with Gasteiger partial charge in [-0.2, -0.15) is 0 Å². The lowest BCUT2D eigenvalue weighted by atomic mass is 9.87. The van der Waals surface area contributed by atoms with Crippen LogP contribution in [0.1, 0.15) is 82.0 Å². The Kier molecular flexibility index (Phi) is 8.10. The second-order valence-corrected chi connectivity index (χ2v) is 11.3. The highest BCUT2D eigenvalue weighted by molar-refractivity contribution is 6.04. The Morgan fingerprint density at radius 2 is 1.81 bits per heavy atom. The molecule has 1 saturated carbocycles. The molecular formula is C29H40N4O3. The van der Waals surface area contributed by atoms with Gasteiger partial charge in [-0.3, -0.25) is 19.5 Å². The number of carbonyl (C=O) groups excluding carboxylic acids is 2. The third-order valence-electron chi connectivity index (χ3n) is 7.49. The predicted octanol–water partition coefficient (Wildman–Crippen LogP) is 3.93. The maximum Gasteiger partial charge on any atom is 0.248 e. The molecule has 0 spiro atoms. The fourth-order valence-corrected chi connectivity index (χ4v) is 5.29. The molecular weight excluding hydrogens is 452 g/mol. The van der Waals surface area contributed by atoms with E-state index in [9.17, 15) is 14.7 Å². The van der Waals surface area contributed by atoms with Gasteiger partial charge in [0, 0.05) is 36.2 Å². The van der Waals surface area contributed by atoms with E-state index in [1.54, 1.807) is 17.3 Å². The van der Waals surface area contributed by atoms with Gasteiger partial charge in [-0.1, -0.05) is 52.2 Å². The number of β-amino-alcohol motifs (C(OH)–C–C–N with tert-alkyl or cyclic N) is 1. The molecule has 4 rings (SSSR count). The van der Waals surface area contributed by atoms with Gasteiger partial charge >= 0.3 is 0 Å². The number of aliphatic hydroxyl groups excluding tert-OH is 1. The lowest BCUT2D eigenvalue weighted by molar-refractivity contribution is -0.128. The van der Waals surface area contributed by atoms with Gasteiger partial charge in [0.05, 0.1) is 12.1 Å². The Morgan fingerprint density at radius 3 is 2.39 bits per heavy atom. The predicted molar refractivity (Wildman–Crippen MR) is 142 cm³/mol. The zero-order chi connectivity index (χ0) is 25.9.